The van der Waals surface area contributed by atoms with Crippen LogP contribution in [0, 0.1) is 24.5 Å². The molecule has 1 aliphatic carbocycles. The fourth-order valence-electron chi connectivity index (χ4n) is 4.72. The van der Waals surface area contributed by atoms with E-state index in [-0.39, 0.29) is 29.4 Å². The van der Waals surface area contributed by atoms with Gasteiger partial charge in [0, 0.05) is 12.8 Å². The normalized spacial score (nSPS) is 21.3. The van der Waals surface area contributed by atoms with Crippen LogP contribution >= 0.6 is 11.3 Å². The largest absolute Gasteiger partial charge is 0.294 e. The number of thiazole rings is 1. The molecule has 0 radical (unpaired) electrons. The van der Waals surface area contributed by atoms with Gasteiger partial charge in [-0.25, -0.2) is 18.8 Å². The lowest BCUT2D eigenvalue weighted by Crippen LogP contribution is -2.28. The molecule has 2 aliphatic rings. The maximum absolute atomic E-state index is 13.7. The van der Waals surface area contributed by atoms with Gasteiger partial charge in [0.2, 0.25) is 5.13 Å². The number of halogens is 2. The molecule has 1 aliphatic heterocycles. The summed E-state index contributed by atoms with van der Waals surface area (Å²) < 4.78 is 27.0. The number of aromatic nitrogens is 1. The van der Waals surface area contributed by atoms with Crippen molar-refractivity contribution in [2.75, 3.05) is 5.01 Å². The number of fused-ring (bicyclic) bond motifs is 1. The summed E-state index contributed by atoms with van der Waals surface area (Å²) in [4.78, 5) is 17.3. The van der Waals surface area contributed by atoms with E-state index in [1.54, 1.807) is 31.2 Å². The number of carbonyl (C=O) groups is 1. The maximum Gasteiger partial charge on any atom is 0.207 e. The summed E-state index contributed by atoms with van der Waals surface area (Å²) in [7, 11) is 0. The van der Waals surface area contributed by atoms with Crippen LogP contribution < -0.4 is 5.01 Å². The topological polar surface area (TPSA) is 45.6 Å². The molecule has 0 N–H and O–H groups in total. The molecule has 7 heteroatoms. The molecule has 3 aromatic rings. The summed E-state index contributed by atoms with van der Waals surface area (Å²) in [6, 6.07) is 12.8. The quantitative estimate of drug-likeness (QED) is 0.403. The van der Waals surface area contributed by atoms with Crippen LogP contribution in [-0.2, 0) is 0 Å². The van der Waals surface area contributed by atoms with Crippen molar-refractivity contribution >= 4 is 34.0 Å². The second-order valence-corrected chi connectivity index (χ2v) is 9.49. The number of Topliss-reactive ketones (excluding diaryl/α,β-unsaturated/α-hetero) is 1. The number of benzene rings is 2. The van der Waals surface area contributed by atoms with Crippen LogP contribution in [0.3, 0.4) is 0 Å². The van der Waals surface area contributed by atoms with Crippen molar-refractivity contribution in [3.63, 3.8) is 0 Å². The predicted molar refractivity (Wildman–Crippen MR) is 128 cm³/mol. The van der Waals surface area contributed by atoms with E-state index in [0.717, 1.165) is 41.7 Å². The minimum absolute atomic E-state index is 0.0178. The molecule has 33 heavy (non-hydrogen) atoms. The molecular formula is C26H23F2N3OS. The molecule has 0 bridgehead atoms. The number of rotatable bonds is 4. The first-order valence-electron chi connectivity index (χ1n) is 11.0. The van der Waals surface area contributed by atoms with Crippen LogP contribution in [0.25, 0.3) is 6.08 Å². The summed E-state index contributed by atoms with van der Waals surface area (Å²) in [5.74, 6) is -0.453. The molecule has 4 nitrogen and oxygen atoms in total. The Morgan fingerprint density at radius 2 is 1.76 bits per heavy atom. The zero-order valence-corrected chi connectivity index (χ0v) is 19.2. The van der Waals surface area contributed by atoms with E-state index in [1.165, 1.54) is 35.6 Å². The van der Waals surface area contributed by atoms with Crippen LogP contribution in [0.1, 0.15) is 58.7 Å². The van der Waals surface area contributed by atoms with Crippen molar-refractivity contribution in [2.24, 2.45) is 11.0 Å². The number of aryl methyl sites for hydroxylation is 1. The molecule has 5 rings (SSSR count). The maximum atomic E-state index is 13.7. The van der Waals surface area contributed by atoms with Gasteiger partial charge in [0.05, 0.1) is 22.3 Å². The van der Waals surface area contributed by atoms with E-state index in [2.05, 4.69) is 11.1 Å². The van der Waals surface area contributed by atoms with Gasteiger partial charge in [0.15, 0.2) is 5.78 Å². The van der Waals surface area contributed by atoms with E-state index in [9.17, 15) is 13.6 Å². The number of anilines is 1. The zero-order valence-electron chi connectivity index (χ0n) is 18.4. The smallest absolute Gasteiger partial charge is 0.207 e. The average molecular weight is 464 g/mol. The van der Waals surface area contributed by atoms with Crippen molar-refractivity contribution in [1.29, 1.82) is 0 Å². The van der Waals surface area contributed by atoms with Gasteiger partial charge in [0.1, 0.15) is 11.6 Å². The molecule has 168 valence electrons. The summed E-state index contributed by atoms with van der Waals surface area (Å²) >= 11 is 1.34. The molecule has 2 aromatic carbocycles. The third-order valence-corrected chi connectivity index (χ3v) is 7.47. The number of hydrogen-bond donors (Lipinski definition) is 0. The molecule has 1 fully saturated rings. The van der Waals surface area contributed by atoms with E-state index in [0.29, 0.717) is 15.7 Å². The van der Waals surface area contributed by atoms with Crippen molar-refractivity contribution in [3.05, 3.63) is 87.4 Å². The fourth-order valence-corrected chi connectivity index (χ4v) is 5.67. The standard InChI is InChI=1S/C26H23F2N3OS/c1-15-25(16(2)32)33-26(29-15)31-24(18-8-12-21(28)13-9-18)22-5-3-4-19(23(22)30-31)14-17-6-10-20(27)11-7-17/h6-14,22,24H,3-5H2,1-2H3/b19-14+. The molecule has 0 spiro atoms. The highest BCUT2D eigenvalue weighted by molar-refractivity contribution is 7.17. The molecular weight excluding hydrogens is 440 g/mol. The lowest BCUT2D eigenvalue weighted by molar-refractivity contribution is 0.102. The first kappa shape index (κ1) is 21.6. The van der Waals surface area contributed by atoms with Gasteiger partial charge < -0.3 is 0 Å². The van der Waals surface area contributed by atoms with Gasteiger partial charge in [-0.3, -0.25) is 4.79 Å². The lowest BCUT2D eigenvalue weighted by atomic mass is 9.77. The van der Waals surface area contributed by atoms with Crippen LogP contribution in [0.15, 0.2) is 59.2 Å². The van der Waals surface area contributed by atoms with Crippen molar-refractivity contribution in [3.8, 4) is 0 Å². The highest BCUT2D eigenvalue weighted by Gasteiger charge is 2.43. The Balaban J connectivity index is 1.60. The van der Waals surface area contributed by atoms with E-state index < -0.39 is 0 Å². The molecule has 1 saturated carbocycles. The number of hydrogen-bond acceptors (Lipinski definition) is 5. The molecule has 1 aromatic heterocycles. The van der Waals surface area contributed by atoms with Crippen molar-refractivity contribution < 1.29 is 13.6 Å². The summed E-state index contributed by atoms with van der Waals surface area (Å²) in [5, 5.41) is 7.59. The number of carbonyl (C=O) groups excluding carboxylic acids is 1. The van der Waals surface area contributed by atoms with Gasteiger partial charge in [-0.1, -0.05) is 35.6 Å². The van der Waals surface area contributed by atoms with Gasteiger partial charge in [0.25, 0.3) is 0 Å². The number of ketones is 1. The van der Waals surface area contributed by atoms with Crippen LogP contribution in [0.4, 0.5) is 13.9 Å². The van der Waals surface area contributed by atoms with E-state index in [1.807, 2.05) is 11.9 Å². The van der Waals surface area contributed by atoms with Crippen LogP contribution in [0.2, 0.25) is 0 Å². The van der Waals surface area contributed by atoms with Gasteiger partial charge in [-0.05, 0) is 73.2 Å². The van der Waals surface area contributed by atoms with Crippen LogP contribution in [0.5, 0.6) is 0 Å². The predicted octanol–water partition coefficient (Wildman–Crippen LogP) is 6.73. The average Bonchev–Trinajstić information content (AvgIpc) is 3.37. The minimum atomic E-state index is -0.283. The summed E-state index contributed by atoms with van der Waals surface area (Å²) in [6.45, 7) is 3.38. The Morgan fingerprint density at radius 1 is 1.09 bits per heavy atom. The van der Waals surface area contributed by atoms with Crippen LogP contribution in [-0.4, -0.2) is 16.5 Å². The van der Waals surface area contributed by atoms with E-state index >= 15 is 0 Å². The van der Waals surface area contributed by atoms with Crippen molar-refractivity contribution in [1.82, 2.24) is 4.98 Å². The second-order valence-electron chi connectivity index (χ2n) is 8.51. The molecule has 2 atom stereocenters. The number of nitrogens with zero attached hydrogens (tertiary/aromatic N) is 3. The first-order chi connectivity index (χ1) is 15.9. The SMILES string of the molecule is CC(=O)c1sc(N2N=C3/C(=C/c4ccc(F)cc4)CCCC3C2c2ccc(F)cc2)nc1C. The number of hydrazone groups is 1. The Bertz CT molecular complexity index is 1260. The second kappa shape index (κ2) is 8.63. The Kier molecular flexibility index (Phi) is 5.66. The van der Waals surface area contributed by atoms with Gasteiger partial charge in [-0.15, -0.1) is 0 Å². The molecule has 0 saturated heterocycles. The highest BCUT2D eigenvalue weighted by atomic mass is 32.1. The third kappa shape index (κ3) is 4.13. The zero-order chi connectivity index (χ0) is 23.1. The van der Waals surface area contributed by atoms with Gasteiger partial charge >= 0.3 is 0 Å². The third-order valence-electron chi connectivity index (χ3n) is 6.23. The fraction of sp³-hybridized carbons (Fsp3) is 0.269. The highest BCUT2D eigenvalue weighted by Crippen LogP contribution is 2.47. The number of allylic oxidation sites excluding steroid dienone is 1. The monoisotopic (exact) mass is 463 g/mol. The Hall–Kier alpha value is -3.19. The summed E-state index contributed by atoms with van der Waals surface area (Å²) in [5.41, 5.74) is 4.68. The van der Waals surface area contributed by atoms with Crippen molar-refractivity contribution in [2.45, 2.75) is 39.2 Å². The summed E-state index contributed by atoms with van der Waals surface area (Å²) in [6.07, 6.45) is 4.90. The Labute approximate surface area is 195 Å². The van der Waals surface area contributed by atoms with Gasteiger partial charge in [-0.2, -0.15) is 5.10 Å². The first-order valence-corrected chi connectivity index (χ1v) is 11.8. The molecule has 2 unspecified atom stereocenters. The van der Waals surface area contributed by atoms with E-state index in [4.69, 9.17) is 5.10 Å². The lowest BCUT2D eigenvalue weighted by Gasteiger charge is -2.29. The minimum Gasteiger partial charge on any atom is -0.294 e. The molecule has 0 amide bonds. The molecule has 2 heterocycles. The Morgan fingerprint density at radius 3 is 2.39 bits per heavy atom.